The van der Waals surface area contributed by atoms with E-state index in [9.17, 15) is 0 Å². The zero-order valence-corrected chi connectivity index (χ0v) is 12.8. The lowest BCUT2D eigenvalue weighted by molar-refractivity contribution is 0.326. The number of hydrogen-bond donors (Lipinski definition) is 1. The van der Waals surface area contributed by atoms with Crippen molar-refractivity contribution in [1.82, 2.24) is 14.9 Å². The normalized spacial score (nSPS) is 18.1. The number of hydrogen-bond acceptors (Lipinski definition) is 2. The van der Waals surface area contributed by atoms with Gasteiger partial charge in [-0.1, -0.05) is 27.2 Å². The van der Waals surface area contributed by atoms with Crippen LogP contribution in [0.3, 0.4) is 0 Å². The molecular weight excluding hydrogens is 234 g/mol. The predicted octanol–water partition coefficient (Wildman–Crippen LogP) is 3.18. The third-order valence-corrected chi connectivity index (χ3v) is 4.49. The molecule has 1 aromatic rings. The van der Waals surface area contributed by atoms with Crippen molar-refractivity contribution in [2.45, 2.75) is 71.9 Å². The molecule has 0 saturated carbocycles. The van der Waals surface area contributed by atoms with Gasteiger partial charge in [-0.25, -0.2) is 4.98 Å². The second-order valence-corrected chi connectivity index (χ2v) is 5.94. The van der Waals surface area contributed by atoms with E-state index in [1.807, 2.05) is 0 Å². The molecule has 19 heavy (non-hydrogen) atoms. The maximum atomic E-state index is 4.61. The van der Waals surface area contributed by atoms with Crippen LogP contribution in [0.5, 0.6) is 0 Å². The van der Waals surface area contributed by atoms with E-state index in [2.05, 4.69) is 42.0 Å². The van der Waals surface area contributed by atoms with Crippen LogP contribution in [0, 0.1) is 5.92 Å². The van der Waals surface area contributed by atoms with Crippen LogP contribution in [0.25, 0.3) is 0 Å². The van der Waals surface area contributed by atoms with Gasteiger partial charge in [0.05, 0.1) is 12.0 Å². The SMILES string of the molecule is CCCNC(Cn1cnc2c1CCCC2)C(C)CC. The van der Waals surface area contributed by atoms with Crippen molar-refractivity contribution in [1.29, 1.82) is 0 Å². The van der Waals surface area contributed by atoms with Crippen molar-refractivity contribution in [2.24, 2.45) is 5.92 Å². The summed E-state index contributed by atoms with van der Waals surface area (Å²) in [6, 6.07) is 0.574. The van der Waals surface area contributed by atoms with Gasteiger partial charge in [-0.3, -0.25) is 0 Å². The van der Waals surface area contributed by atoms with Crippen molar-refractivity contribution < 1.29 is 0 Å². The Morgan fingerprint density at radius 2 is 2.11 bits per heavy atom. The average Bonchev–Trinajstić information content (AvgIpc) is 2.86. The minimum atomic E-state index is 0.574. The Hall–Kier alpha value is -0.830. The summed E-state index contributed by atoms with van der Waals surface area (Å²) >= 11 is 0. The van der Waals surface area contributed by atoms with E-state index in [0.29, 0.717) is 12.0 Å². The van der Waals surface area contributed by atoms with Crippen LogP contribution in [0.2, 0.25) is 0 Å². The van der Waals surface area contributed by atoms with Crippen molar-refractivity contribution in [3.05, 3.63) is 17.7 Å². The smallest absolute Gasteiger partial charge is 0.0952 e. The van der Waals surface area contributed by atoms with Crippen LogP contribution in [-0.2, 0) is 19.4 Å². The van der Waals surface area contributed by atoms with Gasteiger partial charge in [-0.15, -0.1) is 0 Å². The van der Waals surface area contributed by atoms with Gasteiger partial charge in [0.1, 0.15) is 0 Å². The van der Waals surface area contributed by atoms with Gasteiger partial charge in [0.2, 0.25) is 0 Å². The fourth-order valence-electron chi connectivity index (χ4n) is 2.96. The quantitative estimate of drug-likeness (QED) is 0.819. The van der Waals surface area contributed by atoms with Crippen LogP contribution >= 0.6 is 0 Å². The third-order valence-electron chi connectivity index (χ3n) is 4.49. The molecule has 0 aliphatic heterocycles. The second kappa shape index (κ2) is 7.09. The zero-order valence-electron chi connectivity index (χ0n) is 12.8. The lowest BCUT2D eigenvalue weighted by Crippen LogP contribution is -2.39. The predicted molar refractivity (Wildman–Crippen MR) is 80.4 cm³/mol. The largest absolute Gasteiger partial charge is 0.333 e. The van der Waals surface area contributed by atoms with Crippen molar-refractivity contribution >= 4 is 0 Å². The van der Waals surface area contributed by atoms with E-state index in [4.69, 9.17) is 0 Å². The van der Waals surface area contributed by atoms with Gasteiger partial charge in [-0.2, -0.15) is 0 Å². The summed E-state index contributed by atoms with van der Waals surface area (Å²) < 4.78 is 2.41. The number of aryl methyl sites for hydroxylation is 1. The first-order valence-electron chi connectivity index (χ1n) is 8.02. The fourth-order valence-corrected chi connectivity index (χ4v) is 2.96. The first-order valence-corrected chi connectivity index (χ1v) is 8.02. The molecule has 0 bridgehead atoms. The van der Waals surface area contributed by atoms with Gasteiger partial charge in [0, 0.05) is 18.3 Å². The summed E-state index contributed by atoms with van der Waals surface area (Å²) in [5.74, 6) is 0.716. The van der Waals surface area contributed by atoms with Gasteiger partial charge >= 0.3 is 0 Å². The number of nitrogens with zero attached hydrogens (tertiary/aromatic N) is 2. The summed E-state index contributed by atoms with van der Waals surface area (Å²) in [6.07, 6.45) is 9.54. The van der Waals surface area contributed by atoms with Crippen molar-refractivity contribution in [3.8, 4) is 0 Å². The second-order valence-electron chi connectivity index (χ2n) is 5.94. The van der Waals surface area contributed by atoms with E-state index in [0.717, 1.165) is 13.1 Å². The molecule has 2 atom stereocenters. The van der Waals surface area contributed by atoms with Crippen LogP contribution in [0.1, 0.15) is 57.8 Å². The third kappa shape index (κ3) is 3.59. The molecule has 1 aliphatic carbocycles. The molecule has 1 heterocycles. The first kappa shape index (κ1) is 14.6. The van der Waals surface area contributed by atoms with Crippen LogP contribution in [0.15, 0.2) is 6.33 Å². The van der Waals surface area contributed by atoms with E-state index in [1.54, 1.807) is 0 Å². The number of nitrogens with one attached hydrogen (secondary N) is 1. The highest BCUT2D eigenvalue weighted by molar-refractivity contribution is 5.16. The number of imidazole rings is 1. The minimum absolute atomic E-state index is 0.574. The molecule has 2 rings (SSSR count). The molecule has 0 radical (unpaired) electrons. The van der Waals surface area contributed by atoms with E-state index < -0.39 is 0 Å². The fraction of sp³-hybridized carbons (Fsp3) is 0.812. The molecule has 0 fully saturated rings. The Morgan fingerprint density at radius 3 is 2.84 bits per heavy atom. The molecule has 108 valence electrons. The number of aromatic nitrogens is 2. The molecule has 0 saturated heterocycles. The molecule has 3 heteroatoms. The van der Waals surface area contributed by atoms with Crippen LogP contribution in [-0.4, -0.2) is 22.1 Å². The Balaban J connectivity index is 2.05. The molecule has 1 aromatic heterocycles. The summed E-state index contributed by atoms with van der Waals surface area (Å²) in [5, 5.41) is 3.72. The Morgan fingerprint density at radius 1 is 1.32 bits per heavy atom. The highest BCUT2D eigenvalue weighted by atomic mass is 15.1. The monoisotopic (exact) mass is 263 g/mol. The number of fused-ring (bicyclic) bond motifs is 1. The van der Waals surface area contributed by atoms with Crippen LogP contribution in [0.4, 0.5) is 0 Å². The lowest BCUT2D eigenvalue weighted by Gasteiger charge is -2.26. The lowest BCUT2D eigenvalue weighted by atomic mass is 9.97. The molecular formula is C16H29N3. The summed E-state index contributed by atoms with van der Waals surface area (Å²) in [6.45, 7) is 9.08. The van der Waals surface area contributed by atoms with Gasteiger partial charge in [0.15, 0.2) is 0 Å². The van der Waals surface area contributed by atoms with Gasteiger partial charge < -0.3 is 9.88 Å². The Labute approximate surface area is 117 Å². The van der Waals surface area contributed by atoms with E-state index >= 15 is 0 Å². The summed E-state index contributed by atoms with van der Waals surface area (Å²) in [7, 11) is 0. The Kier molecular flexibility index (Phi) is 5.44. The maximum absolute atomic E-state index is 4.61. The minimum Gasteiger partial charge on any atom is -0.333 e. The van der Waals surface area contributed by atoms with E-state index in [1.165, 1.54) is 49.9 Å². The number of rotatable bonds is 7. The molecule has 2 unspecified atom stereocenters. The van der Waals surface area contributed by atoms with Crippen molar-refractivity contribution in [2.75, 3.05) is 6.54 Å². The summed E-state index contributed by atoms with van der Waals surface area (Å²) in [5.41, 5.74) is 2.85. The average molecular weight is 263 g/mol. The molecule has 1 aliphatic rings. The van der Waals surface area contributed by atoms with E-state index in [-0.39, 0.29) is 0 Å². The standard InChI is InChI=1S/C16H29N3/c1-4-10-17-15(13(3)5-2)11-19-12-18-14-8-6-7-9-16(14)19/h12-13,15,17H,4-11H2,1-3H3. The highest BCUT2D eigenvalue weighted by Crippen LogP contribution is 2.21. The van der Waals surface area contributed by atoms with Gasteiger partial charge in [-0.05, 0) is 44.6 Å². The maximum Gasteiger partial charge on any atom is 0.0952 e. The Bertz CT molecular complexity index is 383. The first-order chi connectivity index (χ1) is 9.26. The zero-order chi connectivity index (χ0) is 13.7. The molecule has 0 amide bonds. The molecule has 0 spiro atoms. The topological polar surface area (TPSA) is 29.9 Å². The molecule has 0 aromatic carbocycles. The summed E-state index contributed by atoms with van der Waals surface area (Å²) in [4.78, 5) is 4.61. The van der Waals surface area contributed by atoms with Crippen molar-refractivity contribution in [3.63, 3.8) is 0 Å². The molecule has 3 nitrogen and oxygen atoms in total. The van der Waals surface area contributed by atoms with Crippen LogP contribution < -0.4 is 5.32 Å². The van der Waals surface area contributed by atoms with Gasteiger partial charge in [0.25, 0.3) is 0 Å². The molecule has 1 N–H and O–H groups in total. The highest BCUT2D eigenvalue weighted by Gasteiger charge is 2.20.